The van der Waals surface area contributed by atoms with Gasteiger partial charge in [0.1, 0.15) is 6.10 Å². The molecule has 0 bridgehead atoms. The van der Waals surface area contributed by atoms with Gasteiger partial charge >= 0.3 is 0 Å². The molecule has 0 saturated carbocycles. The highest BCUT2D eigenvalue weighted by Gasteiger charge is 2.27. The number of hydrogen-bond donors (Lipinski definition) is 1. The Labute approximate surface area is 90.1 Å². The molecule has 0 aromatic carbocycles. The summed E-state index contributed by atoms with van der Waals surface area (Å²) in [6, 6.07) is 2.06. The van der Waals surface area contributed by atoms with Crippen LogP contribution in [0.5, 0.6) is 0 Å². The molecule has 3 nitrogen and oxygen atoms in total. The van der Waals surface area contributed by atoms with Crippen LogP contribution in [-0.2, 0) is 4.74 Å². The normalized spacial score (nSPS) is 23.0. The molecular weight excluding hydrogens is 190 g/mol. The highest BCUT2D eigenvalue weighted by molar-refractivity contribution is 5.25. The Hall–Kier alpha value is -0.930. The number of aromatic nitrogens is 1. The molecule has 1 N–H and O–H groups in total. The van der Waals surface area contributed by atoms with Crippen molar-refractivity contribution in [1.29, 1.82) is 0 Å². The lowest BCUT2D eigenvalue weighted by molar-refractivity contribution is 0.0880. The van der Waals surface area contributed by atoms with Gasteiger partial charge in [0.2, 0.25) is 0 Å². The van der Waals surface area contributed by atoms with E-state index in [2.05, 4.69) is 11.1 Å². The van der Waals surface area contributed by atoms with Crippen LogP contribution in [0.2, 0.25) is 0 Å². The van der Waals surface area contributed by atoms with E-state index in [0.29, 0.717) is 6.61 Å². The number of aliphatic hydroxyl groups is 1. The van der Waals surface area contributed by atoms with Crippen LogP contribution in [-0.4, -0.2) is 23.3 Å². The fraction of sp³-hybridized carbons (Fsp3) is 0.583. The Morgan fingerprint density at radius 3 is 2.93 bits per heavy atom. The maximum atomic E-state index is 10.1. The van der Waals surface area contributed by atoms with Crippen LogP contribution < -0.4 is 0 Å². The van der Waals surface area contributed by atoms with Gasteiger partial charge in [-0.3, -0.25) is 4.98 Å². The van der Waals surface area contributed by atoms with Crippen molar-refractivity contribution in [2.45, 2.75) is 26.4 Å². The summed E-state index contributed by atoms with van der Waals surface area (Å²) in [6.45, 7) is 5.41. The molecule has 1 saturated heterocycles. The SMILES string of the molecule is Cc1cnc(C(O)C2CCOC2)c(C)c1. The van der Waals surface area contributed by atoms with Crippen LogP contribution in [0.3, 0.4) is 0 Å². The summed E-state index contributed by atoms with van der Waals surface area (Å²) in [5, 5.41) is 10.1. The van der Waals surface area contributed by atoms with Gasteiger partial charge in [0.25, 0.3) is 0 Å². The van der Waals surface area contributed by atoms with Gasteiger partial charge in [-0.2, -0.15) is 0 Å². The van der Waals surface area contributed by atoms with Crippen molar-refractivity contribution < 1.29 is 9.84 Å². The first kappa shape index (κ1) is 10.6. The Balaban J connectivity index is 2.20. The molecule has 1 aliphatic rings. The number of aryl methyl sites for hydroxylation is 2. The van der Waals surface area contributed by atoms with E-state index in [1.54, 1.807) is 6.20 Å². The van der Waals surface area contributed by atoms with Gasteiger partial charge in [0.05, 0.1) is 12.3 Å². The van der Waals surface area contributed by atoms with E-state index in [1.165, 1.54) is 0 Å². The topological polar surface area (TPSA) is 42.4 Å². The lowest BCUT2D eigenvalue weighted by atomic mass is 9.96. The van der Waals surface area contributed by atoms with E-state index in [1.807, 2.05) is 13.8 Å². The molecular formula is C12H17NO2. The average Bonchev–Trinajstić information content (AvgIpc) is 2.69. The van der Waals surface area contributed by atoms with Gasteiger partial charge in [-0.15, -0.1) is 0 Å². The average molecular weight is 207 g/mol. The number of nitrogens with zero attached hydrogens (tertiary/aromatic N) is 1. The molecule has 2 atom stereocenters. The highest BCUT2D eigenvalue weighted by Crippen LogP contribution is 2.29. The zero-order valence-corrected chi connectivity index (χ0v) is 9.23. The van der Waals surface area contributed by atoms with Gasteiger partial charge in [-0.1, -0.05) is 6.07 Å². The third-order valence-electron chi connectivity index (χ3n) is 2.95. The fourth-order valence-electron chi connectivity index (χ4n) is 2.06. The summed E-state index contributed by atoms with van der Waals surface area (Å²) in [7, 11) is 0. The Morgan fingerprint density at radius 2 is 2.33 bits per heavy atom. The van der Waals surface area contributed by atoms with E-state index in [4.69, 9.17) is 4.74 Å². The quantitative estimate of drug-likeness (QED) is 0.803. The molecule has 2 unspecified atom stereocenters. The Morgan fingerprint density at radius 1 is 1.53 bits per heavy atom. The molecule has 2 heterocycles. The van der Waals surface area contributed by atoms with Crippen molar-refractivity contribution in [3.05, 3.63) is 29.1 Å². The number of ether oxygens (including phenoxy) is 1. The maximum absolute atomic E-state index is 10.1. The van der Waals surface area contributed by atoms with E-state index < -0.39 is 6.10 Å². The van der Waals surface area contributed by atoms with Crippen molar-refractivity contribution in [3.8, 4) is 0 Å². The number of hydrogen-bond acceptors (Lipinski definition) is 3. The van der Waals surface area contributed by atoms with Crippen LogP contribution in [0.25, 0.3) is 0 Å². The molecule has 0 radical (unpaired) electrons. The van der Waals surface area contributed by atoms with Crippen molar-refractivity contribution in [2.75, 3.05) is 13.2 Å². The lowest BCUT2D eigenvalue weighted by Gasteiger charge is -2.17. The third-order valence-corrected chi connectivity index (χ3v) is 2.95. The van der Waals surface area contributed by atoms with Gasteiger partial charge in [0.15, 0.2) is 0 Å². The molecule has 1 aromatic rings. The molecule has 1 aromatic heterocycles. The van der Waals surface area contributed by atoms with Crippen LogP contribution in [0.4, 0.5) is 0 Å². The van der Waals surface area contributed by atoms with Crippen LogP contribution >= 0.6 is 0 Å². The lowest BCUT2D eigenvalue weighted by Crippen LogP contribution is -2.15. The van der Waals surface area contributed by atoms with Crippen molar-refractivity contribution in [1.82, 2.24) is 4.98 Å². The smallest absolute Gasteiger partial charge is 0.101 e. The number of pyridine rings is 1. The minimum atomic E-state index is -0.479. The summed E-state index contributed by atoms with van der Waals surface area (Å²) in [5.41, 5.74) is 3.00. The molecule has 0 spiro atoms. The second-order valence-corrected chi connectivity index (χ2v) is 4.28. The van der Waals surface area contributed by atoms with Gasteiger partial charge < -0.3 is 9.84 Å². The van der Waals surface area contributed by atoms with E-state index in [-0.39, 0.29) is 5.92 Å². The van der Waals surface area contributed by atoms with E-state index >= 15 is 0 Å². The van der Waals surface area contributed by atoms with Crippen molar-refractivity contribution in [3.63, 3.8) is 0 Å². The maximum Gasteiger partial charge on any atom is 0.101 e. The number of rotatable bonds is 2. The zero-order valence-electron chi connectivity index (χ0n) is 9.23. The summed E-state index contributed by atoms with van der Waals surface area (Å²) < 4.78 is 5.28. The van der Waals surface area contributed by atoms with Crippen molar-refractivity contribution in [2.24, 2.45) is 5.92 Å². The molecule has 0 amide bonds. The second kappa shape index (κ2) is 4.29. The van der Waals surface area contributed by atoms with Gasteiger partial charge in [-0.25, -0.2) is 0 Å². The predicted molar refractivity (Wildman–Crippen MR) is 57.6 cm³/mol. The van der Waals surface area contributed by atoms with Crippen molar-refractivity contribution >= 4 is 0 Å². The van der Waals surface area contributed by atoms with E-state index in [9.17, 15) is 5.11 Å². The molecule has 82 valence electrons. The molecule has 2 rings (SSSR count). The molecule has 0 aliphatic carbocycles. The Bertz CT molecular complexity index is 345. The molecule has 3 heteroatoms. The monoisotopic (exact) mass is 207 g/mol. The predicted octanol–water partition coefficient (Wildman–Crippen LogP) is 1.77. The first-order valence-electron chi connectivity index (χ1n) is 5.37. The number of aliphatic hydroxyl groups excluding tert-OH is 1. The minimum Gasteiger partial charge on any atom is -0.386 e. The minimum absolute atomic E-state index is 0.207. The van der Waals surface area contributed by atoms with Gasteiger partial charge in [0, 0.05) is 18.7 Å². The van der Waals surface area contributed by atoms with Gasteiger partial charge in [-0.05, 0) is 31.4 Å². The summed E-state index contributed by atoms with van der Waals surface area (Å²) in [6.07, 6.45) is 2.26. The summed E-state index contributed by atoms with van der Waals surface area (Å²) in [5.74, 6) is 0.207. The van der Waals surface area contributed by atoms with Crippen LogP contribution in [0, 0.1) is 19.8 Å². The summed E-state index contributed by atoms with van der Waals surface area (Å²) >= 11 is 0. The summed E-state index contributed by atoms with van der Waals surface area (Å²) in [4.78, 5) is 4.32. The van der Waals surface area contributed by atoms with E-state index in [0.717, 1.165) is 29.8 Å². The first-order chi connectivity index (χ1) is 7.18. The Kier molecular flexibility index (Phi) is 3.03. The highest BCUT2D eigenvalue weighted by atomic mass is 16.5. The first-order valence-corrected chi connectivity index (χ1v) is 5.37. The zero-order chi connectivity index (χ0) is 10.8. The molecule has 15 heavy (non-hydrogen) atoms. The largest absolute Gasteiger partial charge is 0.386 e. The van der Waals surface area contributed by atoms with Crippen LogP contribution in [0.15, 0.2) is 12.3 Å². The fourth-order valence-corrected chi connectivity index (χ4v) is 2.06. The standard InChI is InChI=1S/C12H17NO2/c1-8-5-9(2)11(13-6-8)12(14)10-3-4-15-7-10/h5-6,10,12,14H,3-4,7H2,1-2H3. The molecule has 1 aliphatic heterocycles. The van der Waals surface area contributed by atoms with Crippen LogP contribution in [0.1, 0.15) is 29.3 Å². The third kappa shape index (κ3) is 2.19. The second-order valence-electron chi connectivity index (χ2n) is 4.28. The molecule has 1 fully saturated rings.